The minimum Gasteiger partial charge on any atom is -0.508 e. The van der Waals surface area contributed by atoms with Crippen LogP contribution in [0, 0.1) is 5.92 Å². The van der Waals surface area contributed by atoms with E-state index in [0.717, 1.165) is 10.9 Å². The number of aromatic hydroxyl groups is 1. The number of amidine groups is 1. The maximum Gasteiger partial charge on any atom is 0.345 e. The first kappa shape index (κ1) is 17.4. The van der Waals surface area contributed by atoms with Crippen LogP contribution in [0.2, 0.25) is 0 Å². The van der Waals surface area contributed by atoms with E-state index in [-0.39, 0.29) is 17.6 Å². The SMILES string of the molecule is CN1N=C2N=C(c3cc4ccccc4oc3=O)CC(c3ccc(O)cc3)C2C1=O. The lowest BCUT2D eigenvalue weighted by Gasteiger charge is -2.27. The van der Waals surface area contributed by atoms with Gasteiger partial charge in [-0.15, -0.1) is 0 Å². The van der Waals surface area contributed by atoms with Crippen LogP contribution in [0.25, 0.3) is 11.0 Å². The standard InChI is InChI=1S/C22H17N3O4/c1-25-21(27)19-15(12-6-8-14(26)9-7-12)11-17(23-20(19)24-25)16-10-13-4-2-3-5-18(13)29-22(16)28/h2-10,15,19,26H,11H2,1H3. The molecule has 1 amide bonds. The van der Waals surface area contributed by atoms with Crippen LogP contribution >= 0.6 is 0 Å². The largest absolute Gasteiger partial charge is 0.508 e. The summed E-state index contributed by atoms with van der Waals surface area (Å²) in [6, 6.07) is 15.8. The third-order valence-corrected chi connectivity index (χ3v) is 5.45. The van der Waals surface area contributed by atoms with Gasteiger partial charge < -0.3 is 9.52 Å². The second-order valence-corrected chi connectivity index (χ2v) is 7.24. The van der Waals surface area contributed by atoms with Crippen molar-refractivity contribution in [3.05, 3.63) is 76.1 Å². The van der Waals surface area contributed by atoms with Crippen molar-refractivity contribution < 1.29 is 14.3 Å². The summed E-state index contributed by atoms with van der Waals surface area (Å²) in [5, 5.41) is 16.0. The zero-order chi connectivity index (χ0) is 20.1. The maximum atomic E-state index is 12.7. The van der Waals surface area contributed by atoms with Crippen LogP contribution in [0.4, 0.5) is 0 Å². The van der Waals surface area contributed by atoms with Crippen LogP contribution in [-0.2, 0) is 4.79 Å². The number of hydrazone groups is 1. The van der Waals surface area contributed by atoms with Gasteiger partial charge >= 0.3 is 5.63 Å². The number of hydrogen-bond acceptors (Lipinski definition) is 6. The average molecular weight is 387 g/mol. The molecule has 7 heteroatoms. The fourth-order valence-electron chi connectivity index (χ4n) is 4.00. The van der Waals surface area contributed by atoms with Crippen molar-refractivity contribution in [2.24, 2.45) is 16.0 Å². The molecule has 3 heterocycles. The van der Waals surface area contributed by atoms with Gasteiger partial charge in [0.2, 0.25) is 0 Å². The smallest absolute Gasteiger partial charge is 0.345 e. The Morgan fingerprint density at radius 2 is 1.86 bits per heavy atom. The molecule has 0 bridgehead atoms. The Balaban J connectivity index is 1.65. The van der Waals surface area contributed by atoms with Crippen molar-refractivity contribution in [3.63, 3.8) is 0 Å². The monoisotopic (exact) mass is 387 g/mol. The first-order valence-electron chi connectivity index (χ1n) is 9.27. The van der Waals surface area contributed by atoms with Gasteiger partial charge in [-0.3, -0.25) is 4.79 Å². The molecule has 0 fully saturated rings. The number of carbonyl (C=O) groups is 1. The normalized spacial score (nSPS) is 21.1. The Morgan fingerprint density at radius 3 is 2.66 bits per heavy atom. The second-order valence-electron chi connectivity index (χ2n) is 7.24. The summed E-state index contributed by atoms with van der Waals surface area (Å²) >= 11 is 0. The van der Waals surface area contributed by atoms with Crippen LogP contribution in [-0.4, -0.2) is 34.6 Å². The third kappa shape index (κ3) is 2.82. The fraction of sp³-hybridized carbons (Fsp3) is 0.182. The Kier molecular flexibility index (Phi) is 3.84. The lowest BCUT2D eigenvalue weighted by molar-refractivity contribution is -0.131. The number of phenolic OH excluding ortho intramolecular Hbond substituents is 1. The number of carbonyl (C=O) groups excluding carboxylic acids is 1. The highest BCUT2D eigenvalue weighted by Crippen LogP contribution is 2.39. The number of para-hydroxylation sites is 1. The first-order valence-corrected chi connectivity index (χ1v) is 9.27. The van der Waals surface area contributed by atoms with Gasteiger partial charge in [-0.2, -0.15) is 5.10 Å². The van der Waals surface area contributed by atoms with Crippen LogP contribution in [0.15, 0.2) is 73.9 Å². The molecule has 2 aromatic carbocycles. The summed E-state index contributed by atoms with van der Waals surface area (Å²) in [6.45, 7) is 0. The van der Waals surface area contributed by atoms with Crippen LogP contribution < -0.4 is 5.63 Å². The molecule has 5 rings (SSSR count). The van der Waals surface area contributed by atoms with Gasteiger partial charge in [0.25, 0.3) is 5.91 Å². The summed E-state index contributed by atoms with van der Waals surface area (Å²) in [5.41, 5.74) is 1.83. The van der Waals surface area contributed by atoms with Gasteiger partial charge in [-0.1, -0.05) is 30.3 Å². The predicted octanol–water partition coefficient (Wildman–Crippen LogP) is 2.88. The van der Waals surface area contributed by atoms with E-state index in [2.05, 4.69) is 10.1 Å². The molecule has 29 heavy (non-hydrogen) atoms. The van der Waals surface area contributed by atoms with E-state index in [0.29, 0.717) is 29.1 Å². The van der Waals surface area contributed by atoms with Crippen molar-refractivity contribution in [1.82, 2.24) is 5.01 Å². The van der Waals surface area contributed by atoms with Crippen LogP contribution in [0.3, 0.4) is 0 Å². The summed E-state index contributed by atoms with van der Waals surface area (Å²) in [6.07, 6.45) is 0.386. The minimum atomic E-state index is -0.513. The Bertz CT molecular complexity index is 1260. The maximum absolute atomic E-state index is 12.7. The number of amides is 1. The highest BCUT2D eigenvalue weighted by atomic mass is 16.4. The lowest BCUT2D eigenvalue weighted by Crippen LogP contribution is -2.35. The topological polar surface area (TPSA) is 95.5 Å². The zero-order valence-electron chi connectivity index (χ0n) is 15.6. The summed E-state index contributed by atoms with van der Waals surface area (Å²) < 4.78 is 5.47. The number of hydrogen-bond donors (Lipinski definition) is 1. The average Bonchev–Trinajstić information content (AvgIpc) is 3.01. The Labute approximate surface area is 165 Å². The number of phenols is 1. The molecular weight excluding hydrogens is 370 g/mol. The van der Waals surface area contributed by atoms with Gasteiger partial charge in [-0.25, -0.2) is 14.8 Å². The second kappa shape index (κ2) is 6.41. The van der Waals surface area contributed by atoms with Crippen molar-refractivity contribution in [2.75, 3.05) is 7.05 Å². The molecule has 1 aromatic heterocycles. The van der Waals surface area contributed by atoms with Crippen molar-refractivity contribution in [1.29, 1.82) is 0 Å². The third-order valence-electron chi connectivity index (χ3n) is 5.45. The molecule has 0 spiro atoms. The van der Waals surface area contributed by atoms with Gasteiger partial charge in [0.05, 0.1) is 11.3 Å². The molecule has 0 aliphatic carbocycles. The lowest BCUT2D eigenvalue weighted by atomic mass is 9.78. The number of rotatable bonds is 2. The van der Waals surface area contributed by atoms with E-state index in [1.807, 2.05) is 18.2 Å². The van der Waals surface area contributed by atoms with Crippen LogP contribution in [0.5, 0.6) is 5.75 Å². The summed E-state index contributed by atoms with van der Waals surface area (Å²) in [7, 11) is 1.60. The molecule has 144 valence electrons. The molecule has 0 saturated heterocycles. The van der Waals surface area contributed by atoms with Gasteiger partial charge in [0.1, 0.15) is 17.3 Å². The molecule has 2 unspecified atom stereocenters. The van der Waals surface area contributed by atoms with E-state index in [4.69, 9.17) is 4.42 Å². The van der Waals surface area contributed by atoms with Gasteiger partial charge in [0, 0.05) is 18.4 Å². The van der Waals surface area contributed by atoms with Gasteiger partial charge in [0.15, 0.2) is 5.84 Å². The van der Waals surface area contributed by atoms with Crippen LogP contribution in [0.1, 0.15) is 23.5 Å². The molecule has 2 aliphatic heterocycles. The summed E-state index contributed by atoms with van der Waals surface area (Å²) in [5.74, 6) is -0.348. The number of nitrogens with zero attached hydrogens (tertiary/aromatic N) is 3. The minimum absolute atomic E-state index is 0.133. The Hall–Kier alpha value is -3.74. The van der Waals surface area contributed by atoms with Crippen molar-refractivity contribution in [3.8, 4) is 5.75 Å². The first-order chi connectivity index (χ1) is 14.0. The highest BCUT2D eigenvalue weighted by molar-refractivity contribution is 6.18. The molecule has 2 aliphatic rings. The van der Waals surface area contributed by atoms with E-state index in [1.165, 1.54) is 5.01 Å². The van der Waals surface area contributed by atoms with E-state index in [1.54, 1.807) is 43.4 Å². The molecule has 3 aromatic rings. The van der Waals surface area contributed by atoms with Crippen molar-refractivity contribution >= 4 is 28.4 Å². The van der Waals surface area contributed by atoms with E-state index < -0.39 is 11.5 Å². The van der Waals surface area contributed by atoms with Gasteiger partial charge in [-0.05, 0) is 36.2 Å². The quantitative estimate of drug-likeness (QED) is 0.684. The summed E-state index contributed by atoms with van der Waals surface area (Å²) in [4.78, 5) is 29.9. The van der Waals surface area contributed by atoms with E-state index in [9.17, 15) is 14.7 Å². The zero-order valence-corrected chi connectivity index (χ0v) is 15.6. The molecule has 1 N–H and O–H groups in total. The molecule has 7 nitrogen and oxygen atoms in total. The molecule has 2 atom stereocenters. The number of fused-ring (bicyclic) bond motifs is 2. The number of benzene rings is 2. The fourth-order valence-corrected chi connectivity index (χ4v) is 4.00. The number of aliphatic imine (C=N–C) groups is 1. The van der Waals surface area contributed by atoms with E-state index >= 15 is 0 Å². The highest BCUT2D eigenvalue weighted by Gasteiger charge is 2.44. The molecule has 0 radical (unpaired) electrons. The predicted molar refractivity (Wildman–Crippen MR) is 108 cm³/mol. The Morgan fingerprint density at radius 1 is 1.10 bits per heavy atom. The molecular formula is C22H17N3O4. The van der Waals surface area contributed by atoms with Crippen molar-refractivity contribution in [2.45, 2.75) is 12.3 Å². The molecule has 0 saturated carbocycles.